The summed E-state index contributed by atoms with van der Waals surface area (Å²) >= 11 is 0. The maximum absolute atomic E-state index is 12.7. The van der Waals surface area contributed by atoms with E-state index < -0.39 is 36.1 Å². The van der Waals surface area contributed by atoms with Crippen LogP contribution in [0.4, 0.5) is 0 Å². The van der Waals surface area contributed by atoms with Gasteiger partial charge in [0.25, 0.3) is 0 Å². The molecule has 0 radical (unpaired) electrons. The molecule has 338 valence electrons. The van der Waals surface area contributed by atoms with Crippen LogP contribution in [0, 0.1) is 0 Å². The van der Waals surface area contributed by atoms with Crippen LogP contribution in [-0.4, -0.2) is 101 Å². The van der Waals surface area contributed by atoms with Crippen LogP contribution < -0.4 is 9.47 Å². The highest BCUT2D eigenvalue weighted by molar-refractivity contribution is 6.09. The van der Waals surface area contributed by atoms with Gasteiger partial charge in [-0.25, -0.2) is 9.59 Å². The van der Waals surface area contributed by atoms with Gasteiger partial charge in [-0.1, -0.05) is 73.8 Å². The van der Waals surface area contributed by atoms with E-state index in [0.717, 1.165) is 0 Å². The highest BCUT2D eigenvalue weighted by Gasteiger charge is 2.19. The van der Waals surface area contributed by atoms with E-state index in [4.69, 9.17) is 37.9 Å². The van der Waals surface area contributed by atoms with E-state index in [1.54, 1.807) is 97.1 Å². The first-order chi connectivity index (χ1) is 30.9. The Bertz CT molecular complexity index is 1990. The van der Waals surface area contributed by atoms with Crippen molar-refractivity contribution in [2.24, 2.45) is 0 Å². The Morgan fingerprint density at radius 2 is 0.781 bits per heavy atom. The molecule has 0 N–H and O–H groups in total. The minimum absolute atomic E-state index is 0.0236. The molecular weight excluding hydrogens is 825 g/mol. The van der Waals surface area contributed by atoms with Crippen LogP contribution in [0.2, 0.25) is 0 Å². The Balaban J connectivity index is 1.19. The van der Waals surface area contributed by atoms with Gasteiger partial charge >= 0.3 is 23.9 Å². The Labute approximate surface area is 373 Å². The molecule has 0 aromatic heterocycles. The number of ketones is 2. The van der Waals surface area contributed by atoms with Crippen LogP contribution in [0.25, 0.3) is 0 Å². The maximum atomic E-state index is 12.7. The summed E-state index contributed by atoms with van der Waals surface area (Å²) in [4.78, 5) is 74.5. The molecule has 4 aromatic carbocycles. The normalized spacial score (nSPS) is 11.6. The summed E-state index contributed by atoms with van der Waals surface area (Å²) in [5.41, 5.74) is 2.66. The first kappa shape index (κ1) is 49.8. The number of hydrogen-bond acceptors (Lipinski definition) is 14. The van der Waals surface area contributed by atoms with Gasteiger partial charge in [-0.15, -0.1) is 0 Å². The van der Waals surface area contributed by atoms with Crippen LogP contribution in [0.1, 0.15) is 71.4 Å². The Morgan fingerprint density at radius 3 is 1.12 bits per heavy atom. The van der Waals surface area contributed by atoms with Crippen molar-refractivity contribution in [3.05, 3.63) is 156 Å². The second kappa shape index (κ2) is 27.2. The second-order valence-corrected chi connectivity index (χ2v) is 14.4. The van der Waals surface area contributed by atoms with Gasteiger partial charge in [0.2, 0.25) is 0 Å². The lowest BCUT2D eigenvalue weighted by molar-refractivity contribution is -0.155. The van der Waals surface area contributed by atoms with Crippen LogP contribution in [0.15, 0.2) is 133 Å². The number of benzene rings is 4. The Hall–Kier alpha value is -6.90. The number of ether oxygens (including phenoxy) is 8. The smallest absolute Gasteiger partial charge is 0.333 e. The summed E-state index contributed by atoms with van der Waals surface area (Å²) < 4.78 is 44.5. The zero-order valence-corrected chi connectivity index (χ0v) is 36.2. The van der Waals surface area contributed by atoms with Crippen molar-refractivity contribution in [2.75, 3.05) is 52.9 Å². The van der Waals surface area contributed by atoms with Gasteiger partial charge in [-0.3, -0.25) is 19.2 Å². The van der Waals surface area contributed by atoms with E-state index >= 15 is 0 Å². The number of hydrogen-bond donors (Lipinski definition) is 0. The lowest BCUT2D eigenvalue weighted by atomic mass is 10.0. The van der Waals surface area contributed by atoms with E-state index in [1.807, 2.05) is 12.1 Å². The predicted octanol–water partition coefficient (Wildman–Crippen LogP) is 7.26. The third kappa shape index (κ3) is 18.2. The van der Waals surface area contributed by atoms with Crippen molar-refractivity contribution in [1.82, 2.24) is 0 Å². The van der Waals surface area contributed by atoms with E-state index in [0.29, 0.717) is 33.8 Å². The average molecular weight is 879 g/mol. The molecule has 0 saturated heterocycles. The van der Waals surface area contributed by atoms with Crippen molar-refractivity contribution in [2.45, 2.75) is 51.7 Å². The number of carbonyl (C=O) groups is 6. The van der Waals surface area contributed by atoms with Crippen molar-refractivity contribution < 1.29 is 66.7 Å². The second-order valence-electron chi connectivity index (χ2n) is 14.4. The summed E-state index contributed by atoms with van der Waals surface area (Å²) in [5.74, 6) is -1.67. The van der Waals surface area contributed by atoms with Crippen LogP contribution >= 0.6 is 0 Å². The van der Waals surface area contributed by atoms with Crippen LogP contribution in [0.5, 0.6) is 11.5 Å². The summed E-state index contributed by atoms with van der Waals surface area (Å²) in [6, 6.07) is 31.3. The molecule has 0 bridgehead atoms. The fraction of sp³-hybridized carbons (Fsp3) is 0.320. The van der Waals surface area contributed by atoms with Crippen molar-refractivity contribution >= 4 is 35.4 Å². The predicted molar refractivity (Wildman–Crippen MR) is 235 cm³/mol. The van der Waals surface area contributed by atoms with Gasteiger partial charge in [0.05, 0.1) is 51.5 Å². The van der Waals surface area contributed by atoms with Crippen LogP contribution in [0.3, 0.4) is 0 Å². The molecule has 0 aliphatic rings. The molecule has 14 nitrogen and oxygen atoms in total. The molecule has 0 aliphatic carbocycles. The molecule has 64 heavy (non-hydrogen) atoms. The SMILES string of the molecule is C=C(C)C(=O)OCCC(COC(=O)CCC(=O)OCC(CCOC(=O)C(=C)C)OCCOc1ccc(C(=O)c2ccccc2)cc1)OCCOc1ccc(C(=O)c2ccccc2)cc1. The quantitative estimate of drug-likeness (QED) is 0.0175. The molecule has 0 spiro atoms. The van der Waals surface area contributed by atoms with Gasteiger partial charge in [-0.05, 0) is 62.4 Å². The molecule has 0 saturated carbocycles. The fourth-order valence-electron chi connectivity index (χ4n) is 5.63. The van der Waals surface area contributed by atoms with Gasteiger partial charge in [0.15, 0.2) is 11.6 Å². The molecule has 0 heterocycles. The fourth-order valence-corrected chi connectivity index (χ4v) is 5.63. The lowest BCUT2D eigenvalue weighted by Gasteiger charge is -2.19. The number of esters is 4. The Morgan fingerprint density at radius 1 is 0.438 bits per heavy atom. The van der Waals surface area contributed by atoms with Gasteiger partial charge in [0, 0.05) is 46.2 Å². The standard InChI is InChI=1S/C50H54O14/c1-35(2)49(55)61-27-25-43(59-31-29-57-41-19-15-39(16-20-41)47(53)37-11-7-5-8-12-37)33-63-45(51)23-24-46(52)64-34-44(26-28-62-50(56)36(3)4)60-32-30-58-42-21-17-40(18-22-42)48(54)38-13-9-6-10-14-38/h5-22,43-44H,1,3,23-34H2,2,4H3. The molecule has 2 atom stereocenters. The van der Waals surface area contributed by atoms with E-state index in [2.05, 4.69) is 13.2 Å². The van der Waals surface area contributed by atoms with E-state index in [-0.39, 0.29) is 101 Å². The van der Waals surface area contributed by atoms with E-state index in [9.17, 15) is 28.8 Å². The molecule has 0 fully saturated rings. The molecule has 2 unspecified atom stereocenters. The average Bonchev–Trinajstić information content (AvgIpc) is 3.31. The molecular formula is C50H54O14. The third-order valence-corrected chi connectivity index (χ3v) is 9.15. The summed E-state index contributed by atoms with van der Waals surface area (Å²) in [6.45, 7) is 10.2. The number of carbonyl (C=O) groups excluding carboxylic acids is 6. The van der Waals surface area contributed by atoms with Crippen molar-refractivity contribution in [3.8, 4) is 11.5 Å². The zero-order valence-electron chi connectivity index (χ0n) is 36.2. The lowest BCUT2D eigenvalue weighted by Crippen LogP contribution is -2.27. The number of rotatable bonds is 29. The monoisotopic (exact) mass is 878 g/mol. The minimum Gasteiger partial charge on any atom is -0.491 e. The molecule has 14 heteroatoms. The topological polar surface area (TPSA) is 176 Å². The van der Waals surface area contributed by atoms with Crippen molar-refractivity contribution in [1.29, 1.82) is 0 Å². The Kier molecular flexibility index (Phi) is 21.2. The van der Waals surface area contributed by atoms with Gasteiger partial charge in [-0.2, -0.15) is 0 Å². The van der Waals surface area contributed by atoms with Crippen molar-refractivity contribution in [3.63, 3.8) is 0 Å². The molecule has 4 aromatic rings. The minimum atomic E-state index is -0.681. The molecule has 4 rings (SSSR count). The summed E-state index contributed by atoms with van der Waals surface area (Å²) in [6.07, 6.45) is -1.53. The highest BCUT2D eigenvalue weighted by Crippen LogP contribution is 2.18. The highest BCUT2D eigenvalue weighted by atomic mass is 16.6. The zero-order chi connectivity index (χ0) is 46.1. The van der Waals surface area contributed by atoms with Gasteiger partial charge in [0.1, 0.15) is 37.9 Å². The molecule has 0 amide bonds. The van der Waals surface area contributed by atoms with E-state index in [1.165, 1.54) is 13.8 Å². The third-order valence-electron chi connectivity index (χ3n) is 9.15. The first-order valence-corrected chi connectivity index (χ1v) is 20.7. The molecule has 0 aliphatic heterocycles. The largest absolute Gasteiger partial charge is 0.491 e. The summed E-state index contributed by atoms with van der Waals surface area (Å²) in [5, 5.41) is 0. The maximum Gasteiger partial charge on any atom is 0.333 e. The first-order valence-electron chi connectivity index (χ1n) is 20.7. The van der Waals surface area contributed by atoms with Gasteiger partial charge < -0.3 is 37.9 Å². The van der Waals surface area contributed by atoms with Crippen LogP contribution in [-0.2, 0) is 47.6 Å². The summed E-state index contributed by atoms with van der Waals surface area (Å²) in [7, 11) is 0.